The van der Waals surface area contributed by atoms with Crippen LogP contribution in [0.3, 0.4) is 0 Å². The number of esters is 1. The summed E-state index contributed by atoms with van der Waals surface area (Å²) in [4.78, 5) is 26.1. The molecule has 0 saturated carbocycles. The zero-order valence-electron chi connectivity index (χ0n) is 26.0. The first kappa shape index (κ1) is 32.7. The molecule has 0 bridgehead atoms. The molecule has 1 amide bonds. The van der Waals surface area contributed by atoms with E-state index in [-0.39, 0.29) is 31.0 Å². The average Bonchev–Trinajstić information content (AvgIpc) is 3.30. The lowest BCUT2D eigenvalue weighted by Gasteiger charge is -2.31. The second kappa shape index (κ2) is 13.2. The van der Waals surface area contributed by atoms with E-state index < -0.39 is 41.2 Å². The van der Waals surface area contributed by atoms with Crippen molar-refractivity contribution in [2.24, 2.45) is 0 Å². The fraction of sp³-hybridized carbons (Fsp3) is 0.394. The molecule has 4 rings (SSSR count). The molecule has 0 aliphatic carbocycles. The predicted molar refractivity (Wildman–Crippen MR) is 160 cm³/mol. The Labute approximate surface area is 256 Å². The highest BCUT2D eigenvalue weighted by atomic mass is 19.2. The number of hydrazine groups is 1. The second-order valence-corrected chi connectivity index (χ2v) is 11.9. The molecule has 11 heteroatoms. The number of nitrogens with zero attached hydrogens (tertiary/aromatic N) is 1. The zero-order chi connectivity index (χ0) is 32.2. The van der Waals surface area contributed by atoms with Gasteiger partial charge in [0.05, 0.1) is 31.5 Å². The third-order valence-corrected chi connectivity index (χ3v) is 6.70. The first-order valence-corrected chi connectivity index (χ1v) is 14.1. The number of methoxy groups -OCH3 is 1. The second-order valence-electron chi connectivity index (χ2n) is 11.9. The summed E-state index contributed by atoms with van der Waals surface area (Å²) < 4.78 is 55.7. The van der Waals surface area contributed by atoms with Crippen LogP contribution in [0.4, 0.5) is 19.3 Å². The zero-order valence-corrected chi connectivity index (χ0v) is 26.0. The van der Waals surface area contributed by atoms with E-state index in [9.17, 15) is 18.4 Å². The molecule has 1 aliphatic heterocycles. The van der Waals surface area contributed by atoms with Gasteiger partial charge in [-0.1, -0.05) is 24.3 Å². The Hall–Kier alpha value is -4.22. The largest absolute Gasteiger partial charge is 0.489 e. The molecule has 1 heterocycles. The molecule has 1 aliphatic rings. The van der Waals surface area contributed by atoms with Crippen molar-refractivity contribution in [1.29, 1.82) is 0 Å². The number of hydrogen-bond acceptors (Lipinski definition) is 8. The van der Waals surface area contributed by atoms with Gasteiger partial charge in [-0.05, 0) is 88.6 Å². The minimum atomic E-state index is -0.924. The van der Waals surface area contributed by atoms with Crippen molar-refractivity contribution in [3.63, 3.8) is 0 Å². The molecule has 1 fully saturated rings. The van der Waals surface area contributed by atoms with Crippen LogP contribution < -0.4 is 10.2 Å². The highest BCUT2D eigenvalue weighted by Gasteiger charge is 2.36. The van der Waals surface area contributed by atoms with E-state index in [0.717, 1.165) is 12.1 Å². The number of aryl methyl sites for hydroxylation is 1. The number of carbonyl (C=O) groups is 2. The van der Waals surface area contributed by atoms with Gasteiger partial charge >= 0.3 is 12.1 Å². The number of ether oxygens (including phenoxy) is 5. The van der Waals surface area contributed by atoms with Crippen LogP contribution in [0.1, 0.15) is 56.1 Å². The molecular formula is C33H38F2N2O7. The van der Waals surface area contributed by atoms with E-state index >= 15 is 0 Å². The summed E-state index contributed by atoms with van der Waals surface area (Å²) in [6.45, 7) is 10.8. The number of amides is 1. The molecule has 3 aromatic carbocycles. The molecule has 9 nitrogen and oxygen atoms in total. The minimum Gasteiger partial charge on any atom is -0.489 e. The molecule has 236 valence electrons. The summed E-state index contributed by atoms with van der Waals surface area (Å²) in [5, 5.41) is 1.24. The number of rotatable bonds is 9. The molecule has 0 spiro atoms. The van der Waals surface area contributed by atoms with Crippen LogP contribution in [-0.2, 0) is 25.6 Å². The fourth-order valence-electron chi connectivity index (χ4n) is 4.66. The maximum absolute atomic E-state index is 13.9. The van der Waals surface area contributed by atoms with Crippen LogP contribution in [0.25, 0.3) is 11.1 Å². The predicted octanol–water partition coefficient (Wildman–Crippen LogP) is 7.02. The summed E-state index contributed by atoms with van der Waals surface area (Å²) >= 11 is 0. The van der Waals surface area contributed by atoms with E-state index in [4.69, 9.17) is 23.7 Å². The molecule has 44 heavy (non-hydrogen) atoms. The van der Waals surface area contributed by atoms with Crippen molar-refractivity contribution >= 4 is 17.7 Å². The van der Waals surface area contributed by atoms with Gasteiger partial charge < -0.3 is 23.7 Å². The third kappa shape index (κ3) is 8.23. The van der Waals surface area contributed by atoms with Crippen LogP contribution in [-0.4, -0.2) is 54.8 Å². The van der Waals surface area contributed by atoms with Gasteiger partial charge in [-0.2, -0.15) is 0 Å². The Balaban J connectivity index is 1.60. The van der Waals surface area contributed by atoms with Gasteiger partial charge in [-0.25, -0.2) is 23.4 Å². The summed E-state index contributed by atoms with van der Waals surface area (Å²) in [7, 11) is 1.27. The average molecular weight is 613 g/mol. The monoisotopic (exact) mass is 612 g/mol. The van der Waals surface area contributed by atoms with Crippen molar-refractivity contribution in [3.05, 3.63) is 82.9 Å². The molecule has 1 atom stereocenters. The van der Waals surface area contributed by atoms with Crippen molar-refractivity contribution < 1.29 is 42.1 Å². The van der Waals surface area contributed by atoms with E-state index in [2.05, 4.69) is 5.43 Å². The highest BCUT2D eigenvalue weighted by molar-refractivity contribution is 5.96. The maximum Gasteiger partial charge on any atom is 0.429 e. The van der Waals surface area contributed by atoms with Crippen LogP contribution in [0, 0.1) is 18.6 Å². The lowest BCUT2D eigenvalue weighted by molar-refractivity contribution is -0.139. The number of benzene rings is 3. The number of halogens is 2. The highest BCUT2D eigenvalue weighted by Crippen LogP contribution is 2.30. The van der Waals surface area contributed by atoms with Gasteiger partial charge in [0.1, 0.15) is 24.1 Å². The molecule has 1 N–H and O–H groups in total. The number of carbonyl (C=O) groups excluding carboxylic acids is 2. The smallest absolute Gasteiger partial charge is 0.429 e. The summed E-state index contributed by atoms with van der Waals surface area (Å²) in [6.07, 6.45) is -1.15. The standard InChI is InChI=1S/C33H38F2N2O7/c1-20-15-27(34)28(35)16-26(20)21-11-13-23(14-12-21)41-18-22-9-8-10-25(30(38)40-7)29(22)36-37(31(39)44-32(2,3)4)17-24-19-42-33(5,6)43-24/h8-16,24,36H,17-19H2,1-7H3. The van der Waals surface area contributed by atoms with E-state index in [1.54, 1.807) is 84.0 Å². The number of para-hydroxylation sites is 1. The lowest BCUT2D eigenvalue weighted by Crippen LogP contribution is -2.45. The molecule has 3 aromatic rings. The van der Waals surface area contributed by atoms with Crippen LogP contribution in [0.2, 0.25) is 0 Å². The van der Waals surface area contributed by atoms with Crippen molar-refractivity contribution in [3.8, 4) is 16.9 Å². The van der Waals surface area contributed by atoms with Crippen molar-refractivity contribution in [1.82, 2.24) is 5.01 Å². The first-order chi connectivity index (χ1) is 20.7. The Morgan fingerprint density at radius 1 is 1.07 bits per heavy atom. The fourth-order valence-corrected chi connectivity index (χ4v) is 4.66. The molecule has 1 saturated heterocycles. The van der Waals surface area contributed by atoms with Crippen molar-refractivity contribution in [2.75, 3.05) is 25.7 Å². The lowest BCUT2D eigenvalue weighted by atomic mass is 10.0. The van der Waals surface area contributed by atoms with Gasteiger partial charge in [0.2, 0.25) is 0 Å². The minimum absolute atomic E-state index is 0.00888. The molecule has 0 aromatic heterocycles. The Morgan fingerprint density at radius 2 is 1.75 bits per heavy atom. The Kier molecular flexibility index (Phi) is 9.80. The maximum atomic E-state index is 13.9. The summed E-state index contributed by atoms with van der Waals surface area (Å²) in [6, 6.07) is 14.2. The van der Waals surface area contributed by atoms with Crippen LogP contribution in [0.5, 0.6) is 5.75 Å². The van der Waals surface area contributed by atoms with Gasteiger partial charge in [-0.15, -0.1) is 0 Å². The molecular weight excluding hydrogens is 574 g/mol. The van der Waals surface area contributed by atoms with Gasteiger partial charge in [0.15, 0.2) is 17.4 Å². The number of anilines is 1. The van der Waals surface area contributed by atoms with Crippen LogP contribution in [0.15, 0.2) is 54.6 Å². The van der Waals surface area contributed by atoms with E-state index in [1.807, 2.05) is 0 Å². The summed E-state index contributed by atoms with van der Waals surface area (Å²) in [5.74, 6) is -2.76. The quantitative estimate of drug-likeness (QED) is 0.204. The first-order valence-electron chi connectivity index (χ1n) is 14.1. The number of nitrogens with one attached hydrogen (secondary N) is 1. The van der Waals surface area contributed by atoms with Gasteiger partial charge in [-0.3, -0.25) is 5.43 Å². The Bertz CT molecular complexity index is 1500. The van der Waals surface area contributed by atoms with Crippen molar-refractivity contribution in [2.45, 2.75) is 65.6 Å². The van der Waals surface area contributed by atoms with E-state index in [1.165, 1.54) is 12.1 Å². The Morgan fingerprint density at radius 3 is 2.36 bits per heavy atom. The third-order valence-electron chi connectivity index (χ3n) is 6.70. The van der Waals surface area contributed by atoms with Gasteiger partial charge in [0, 0.05) is 5.56 Å². The normalized spacial score (nSPS) is 15.9. The van der Waals surface area contributed by atoms with Crippen LogP contribution >= 0.6 is 0 Å². The SMILES string of the molecule is COC(=O)c1cccc(COc2ccc(-c3cc(F)c(F)cc3C)cc2)c1NN(CC1COC(C)(C)O1)C(=O)OC(C)(C)C. The van der Waals surface area contributed by atoms with E-state index in [0.29, 0.717) is 28.0 Å². The topological polar surface area (TPSA) is 95.6 Å². The molecule has 0 radical (unpaired) electrons. The van der Waals surface area contributed by atoms with Gasteiger partial charge in [0.25, 0.3) is 0 Å². The number of hydrogen-bond donors (Lipinski definition) is 1. The molecule has 1 unspecified atom stereocenters. The summed E-state index contributed by atoms with van der Waals surface area (Å²) in [5.41, 5.74) is 5.14.